The maximum absolute atomic E-state index is 13.9. The van der Waals surface area contributed by atoms with E-state index in [2.05, 4.69) is 34.1 Å². The lowest BCUT2D eigenvalue weighted by Crippen LogP contribution is -2.20. The van der Waals surface area contributed by atoms with E-state index >= 15 is 0 Å². The van der Waals surface area contributed by atoms with E-state index in [0.29, 0.717) is 17.5 Å². The lowest BCUT2D eigenvalue weighted by molar-refractivity contribution is 0.112. The third kappa shape index (κ3) is 3.31. The summed E-state index contributed by atoms with van der Waals surface area (Å²) in [5.74, 6) is 0.274. The van der Waals surface area contributed by atoms with Gasteiger partial charge in [-0.25, -0.2) is 9.37 Å². The molecule has 2 aliphatic rings. The van der Waals surface area contributed by atoms with Crippen LogP contribution >= 0.6 is 11.3 Å². The molecule has 6 heteroatoms. The Morgan fingerprint density at radius 3 is 2.52 bits per heavy atom. The van der Waals surface area contributed by atoms with Gasteiger partial charge in [-0.05, 0) is 61.1 Å². The van der Waals surface area contributed by atoms with Crippen LogP contribution in [0, 0.1) is 17.7 Å². The first-order chi connectivity index (χ1) is 14.1. The van der Waals surface area contributed by atoms with Crippen molar-refractivity contribution in [3.05, 3.63) is 53.2 Å². The molecule has 0 unspecified atom stereocenters. The van der Waals surface area contributed by atoms with E-state index in [4.69, 9.17) is 0 Å². The van der Waals surface area contributed by atoms with Crippen LogP contribution in [-0.2, 0) is 0 Å². The van der Waals surface area contributed by atoms with Crippen LogP contribution in [0.3, 0.4) is 0 Å². The molecule has 1 aliphatic carbocycles. The first-order valence-corrected chi connectivity index (χ1v) is 10.8. The summed E-state index contributed by atoms with van der Waals surface area (Å²) in [6, 6.07) is 11.1. The smallest absolute Gasteiger partial charge is 0.166 e. The number of hydrogen-bond acceptors (Lipinski definition) is 5. The number of carbonyl (C=O) groups excluding carboxylic acids is 1. The normalized spacial score (nSPS) is 20.8. The monoisotopic (exact) mass is 408 g/mol. The molecule has 2 heterocycles. The molecule has 0 amide bonds. The zero-order valence-corrected chi connectivity index (χ0v) is 16.7. The fourth-order valence-electron chi connectivity index (χ4n) is 4.66. The van der Waals surface area contributed by atoms with Gasteiger partial charge in [0.05, 0.1) is 11.3 Å². The molecule has 0 spiro atoms. The number of phenolic OH excluding ortho intramolecular Hbond substituents is 1. The number of carbonyl (C=O) groups is 1. The first kappa shape index (κ1) is 18.3. The Kier molecular flexibility index (Phi) is 4.59. The number of aromatic nitrogens is 1. The summed E-state index contributed by atoms with van der Waals surface area (Å²) in [5.41, 5.74) is 3.26. The number of anilines is 1. The molecule has 148 valence electrons. The molecule has 2 aromatic carbocycles. The van der Waals surface area contributed by atoms with Crippen molar-refractivity contribution in [1.82, 2.24) is 4.98 Å². The second-order valence-corrected chi connectivity index (χ2v) is 8.81. The number of benzene rings is 2. The molecular weight excluding hydrogens is 387 g/mol. The van der Waals surface area contributed by atoms with Crippen molar-refractivity contribution < 1.29 is 14.3 Å². The summed E-state index contributed by atoms with van der Waals surface area (Å²) in [6.07, 6.45) is 4.56. The fraction of sp³-hybridized carbons (Fsp3) is 0.304. The highest BCUT2D eigenvalue weighted by Gasteiger charge is 2.36. The number of halogens is 1. The topological polar surface area (TPSA) is 53.4 Å². The molecule has 5 rings (SSSR count). The minimum absolute atomic E-state index is 0.0747. The molecule has 2 atom stereocenters. The van der Waals surface area contributed by atoms with Gasteiger partial charge in [-0.3, -0.25) is 4.79 Å². The van der Waals surface area contributed by atoms with Crippen LogP contribution in [-0.4, -0.2) is 29.5 Å². The van der Waals surface area contributed by atoms with Crippen LogP contribution in [0.5, 0.6) is 5.75 Å². The molecule has 0 bridgehead atoms. The van der Waals surface area contributed by atoms with E-state index in [1.54, 1.807) is 0 Å². The van der Waals surface area contributed by atoms with Crippen molar-refractivity contribution in [3.8, 4) is 27.6 Å². The van der Waals surface area contributed by atoms with E-state index in [1.165, 1.54) is 48.4 Å². The van der Waals surface area contributed by atoms with Gasteiger partial charge in [-0.2, -0.15) is 0 Å². The summed E-state index contributed by atoms with van der Waals surface area (Å²) >= 11 is 1.47. The lowest BCUT2D eigenvalue weighted by atomic mass is 10.0. The van der Waals surface area contributed by atoms with Crippen LogP contribution in [0.25, 0.3) is 21.8 Å². The van der Waals surface area contributed by atoms with Crippen LogP contribution < -0.4 is 4.90 Å². The van der Waals surface area contributed by atoms with Gasteiger partial charge in [0.25, 0.3) is 0 Å². The Morgan fingerprint density at radius 1 is 1.10 bits per heavy atom. The summed E-state index contributed by atoms with van der Waals surface area (Å²) in [6.45, 7) is 2.33. The van der Waals surface area contributed by atoms with Crippen molar-refractivity contribution in [1.29, 1.82) is 0 Å². The SMILES string of the molecule is O=Cc1cc(-c2csc(-c3ccc(N4C[C@H]5CCC[C@H]5C4)cc3)n2)cc(F)c1O. The summed E-state index contributed by atoms with van der Waals surface area (Å²) in [4.78, 5) is 18.1. The number of aldehydes is 1. The van der Waals surface area contributed by atoms with Gasteiger partial charge in [-0.15, -0.1) is 11.3 Å². The number of nitrogens with zero attached hydrogens (tertiary/aromatic N) is 2. The van der Waals surface area contributed by atoms with E-state index in [0.717, 1.165) is 35.5 Å². The van der Waals surface area contributed by atoms with E-state index in [1.807, 2.05) is 5.38 Å². The molecule has 0 radical (unpaired) electrons. The van der Waals surface area contributed by atoms with E-state index < -0.39 is 11.6 Å². The van der Waals surface area contributed by atoms with Gasteiger partial charge in [-0.1, -0.05) is 6.42 Å². The Balaban J connectivity index is 1.37. The zero-order chi connectivity index (χ0) is 20.0. The van der Waals surface area contributed by atoms with Crippen molar-refractivity contribution in [2.75, 3.05) is 18.0 Å². The highest BCUT2D eigenvalue weighted by molar-refractivity contribution is 7.13. The largest absolute Gasteiger partial charge is 0.504 e. The summed E-state index contributed by atoms with van der Waals surface area (Å²) < 4.78 is 13.9. The molecule has 4 nitrogen and oxygen atoms in total. The molecular formula is C23H21FN2O2S. The third-order valence-corrected chi connectivity index (χ3v) is 7.12. The van der Waals surface area contributed by atoms with Crippen molar-refractivity contribution >= 4 is 23.3 Å². The average Bonchev–Trinajstić information content (AvgIpc) is 3.46. The van der Waals surface area contributed by atoms with Crippen molar-refractivity contribution in [3.63, 3.8) is 0 Å². The number of fused-ring (bicyclic) bond motifs is 1. The highest BCUT2D eigenvalue weighted by atomic mass is 32.1. The van der Waals surface area contributed by atoms with Gasteiger partial charge < -0.3 is 10.0 Å². The Morgan fingerprint density at radius 2 is 1.83 bits per heavy atom. The summed E-state index contributed by atoms with van der Waals surface area (Å²) in [7, 11) is 0. The highest BCUT2D eigenvalue weighted by Crippen LogP contribution is 2.40. The second kappa shape index (κ2) is 7.26. The molecule has 1 saturated heterocycles. The molecule has 1 aliphatic heterocycles. The lowest BCUT2D eigenvalue weighted by Gasteiger charge is -2.19. The predicted octanol–water partition coefficient (Wildman–Crippen LogP) is 5.37. The number of aromatic hydroxyl groups is 1. The van der Waals surface area contributed by atoms with Gasteiger partial charge in [0.2, 0.25) is 0 Å². The number of hydrogen-bond donors (Lipinski definition) is 1. The number of thiazole rings is 1. The Labute approximate surface area is 172 Å². The van der Waals surface area contributed by atoms with Crippen LogP contribution in [0.4, 0.5) is 10.1 Å². The number of phenols is 1. The molecule has 3 aromatic rings. The fourth-order valence-corrected chi connectivity index (χ4v) is 5.49. The quantitative estimate of drug-likeness (QED) is 0.590. The molecule has 1 aromatic heterocycles. The predicted molar refractivity (Wildman–Crippen MR) is 113 cm³/mol. The molecule has 1 N–H and O–H groups in total. The van der Waals surface area contributed by atoms with Crippen LogP contribution in [0.2, 0.25) is 0 Å². The van der Waals surface area contributed by atoms with Crippen molar-refractivity contribution in [2.45, 2.75) is 19.3 Å². The maximum atomic E-state index is 13.9. The number of rotatable bonds is 4. The van der Waals surface area contributed by atoms with Gasteiger partial charge in [0.1, 0.15) is 5.01 Å². The van der Waals surface area contributed by atoms with Crippen LogP contribution in [0.15, 0.2) is 41.8 Å². The van der Waals surface area contributed by atoms with E-state index in [-0.39, 0.29) is 5.56 Å². The standard InChI is InChI=1S/C23H21FN2O2S/c24-20-9-17(8-18(12-27)22(20)28)21-13-29-23(25-21)14-4-6-19(7-5-14)26-10-15-2-1-3-16(15)11-26/h4-9,12-13,15-16,28H,1-3,10-11H2/t15-,16+. The maximum Gasteiger partial charge on any atom is 0.166 e. The zero-order valence-electron chi connectivity index (χ0n) is 15.8. The molecule has 2 fully saturated rings. The van der Waals surface area contributed by atoms with Gasteiger partial charge in [0, 0.05) is 35.3 Å². The van der Waals surface area contributed by atoms with Gasteiger partial charge >= 0.3 is 0 Å². The third-order valence-electron chi connectivity index (χ3n) is 6.23. The average molecular weight is 408 g/mol. The molecule has 29 heavy (non-hydrogen) atoms. The summed E-state index contributed by atoms with van der Waals surface area (Å²) in [5, 5.41) is 12.3. The van der Waals surface area contributed by atoms with Gasteiger partial charge in [0.15, 0.2) is 17.9 Å². The minimum atomic E-state index is -0.820. The van der Waals surface area contributed by atoms with Crippen molar-refractivity contribution in [2.24, 2.45) is 11.8 Å². The van der Waals surface area contributed by atoms with Crippen LogP contribution in [0.1, 0.15) is 29.6 Å². The minimum Gasteiger partial charge on any atom is -0.504 e. The van der Waals surface area contributed by atoms with E-state index in [9.17, 15) is 14.3 Å². The first-order valence-electron chi connectivity index (χ1n) is 9.91. The Hall–Kier alpha value is -2.73. The second-order valence-electron chi connectivity index (χ2n) is 7.95. The Bertz CT molecular complexity index is 1050. The molecule has 1 saturated carbocycles.